The number of sulfone groups is 1. The third kappa shape index (κ3) is 4.44. The van der Waals surface area contributed by atoms with Crippen LogP contribution in [-0.4, -0.2) is 51.3 Å². The molecule has 1 aliphatic heterocycles. The molecule has 0 aliphatic carbocycles. The minimum atomic E-state index is -4.40. The number of carbonyl (C=O) groups is 2. The van der Waals surface area contributed by atoms with E-state index in [1.807, 2.05) is 6.92 Å². The van der Waals surface area contributed by atoms with Gasteiger partial charge in [0, 0.05) is 18.2 Å². The van der Waals surface area contributed by atoms with Crippen LogP contribution in [0.15, 0.2) is 77.7 Å². The third-order valence-electron chi connectivity index (χ3n) is 6.78. The first kappa shape index (κ1) is 26.2. The first-order chi connectivity index (χ1) is 17.7. The molecule has 37 heavy (non-hydrogen) atoms. The van der Waals surface area contributed by atoms with Crippen LogP contribution in [0.25, 0.3) is 0 Å². The standard InChI is InChI=1S/C28H29NO7S/c1-19-10-14-23(15-11-19)37(32,33)28(27(31)36-4)17-25(30)29(26(28)20-8-6-5-7-9-20)18-21-12-13-22(34-2)16-24(21)35-3/h5-16,26H,17-18H2,1-4H3. The van der Waals surface area contributed by atoms with Crippen LogP contribution in [0, 0.1) is 6.92 Å². The molecule has 0 bridgehead atoms. The molecule has 8 nitrogen and oxygen atoms in total. The highest BCUT2D eigenvalue weighted by Crippen LogP contribution is 2.50. The Morgan fingerprint density at radius 2 is 1.65 bits per heavy atom. The predicted octanol–water partition coefficient (Wildman–Crippen LogP) is 3.87. The van der Waals surface area contributed by atoms with E-state index < -0.39 is 38.9 Å². The molecule has 2 unspecified atom stereocenters. The number of hydrogen-bond donors (Lipinski definition) is 0. The van der Waals surface area contributed by atoms with Crippen LogP contribution < -0.4 is 9.47 Å². The van der Waals surface area contributed by atoms with Crippen LogP contribution >= 0.6 is 0 Å². The second-order valence-electron chi connectivity index (χ2n) is 8.89. The molecule has 1 fully saturated rings. The van der Waals surface area contributed by atoms with Gasteiger partial charge >= 0.3 is 5.97 Å². The normalized spacial score (nSPS) is 19.5. The van der Waals surface area contributed by atoms with Crippen molar-refractivity contribution in [1.29, 1.82) is 0 Å². The summed E-state index contributed by atoms with van der Waals surface area (Å²) in [5.41, 5.74) is 1.99. The number of nitrogens with zero attached hydrogens (tertiary/aromatic N) is 1. The maximum atomic E-state index is 14.3. The lowest BCUT2D eigenvalue weighted by molar-refractivity contribution is -0.144. The van der Waals surface area contributed by atoms with Crippen molar-refractivity contribution < 1.29 is 32.2 Å². The molecule has 3 aromatic carbocycles. The van der Waals surface area contributed by atoms with Crippen LogP contribution in [0.4, 0.5) is 0 Å². The molecule has 0 aromatic heterocycles. The van der Waals surface area contributed by atoms with Crippen molar-refractivity contribution in [2.24, 2.45) is 0 Å². The van der Waals surface area contributed by atoms with Crippen molar-refractivity contribution in [3.8, 4) is 11.5 Å². The second kappa shape index (κ2) is 10.3. The maximum Gasteiger partial charge on any atom is 0.330 e. The van der Waals surface area contributed by atoms with Gasteiger partial charge in [-0.05, 0) is 36.8 Å². The number of esters is 1. The number of ether oxygens (including phenoxy) is 3. The average Bonchev–Trinajstić information content (AvgIpc) is 3.22. The summed E-state index contributed by atoms with van der Waals surface area (Å²) in [5, 5.41) is 0. The smallest absolute Gasteiger partial charge is 0.330 e. The SMILES string of the molecule is COC(=O)C1(S(=O)(=O)c2ccc(C)cc2)CC(=O)N(Cc2ccc(OC)cc2OC)C1c1ccccc1. The van der Waals surface area contributed by atoms with Crippen LogP contribution in [0.2, 0.25) is 0 Å². The molecule has 194 valence electrons. The lowest BCUT2D eigenvalue weighted by Crippen LogP contribution is -2.51. The molecule has 9 heteroatoms. The van der Waals surface area contributed by atoms with Crippen molar-refractivity contribution in [3.63, 3.8) is 0 Å². The largest absolute Gasteiger partial charge is 0.497 e. The molecule has 4 rings (SSSR count). The monoisotopic (exact) mass is 523 g/mol. The molecule has 0 saturated carbocycles. The van der Waals surface area contributed by atoms with E-state index in [1.54, 1.807) is 60.7 Å². The zero-order chi connectivity index (χ0) is 26.8. The molecule has 0 radical (unpaired) electrons. The average molecular weight is 524 g/mol. The quantitative estimate of drug-likeness (QED) is 0.413. The Morgan fingerprint density at radius 1 is 0.973 bits per heavy atom. The Balaban J connectivity index is 1.93. The van der Waals surface area contributed by atoms with Gasteiger partial charge in [0.15, 0.2) is 9.84 Å². The molecular formula is C28H29NO7S. The zero-order valence-corrected chi connectivity index (χ0v) is 21.9. The number of rotatable bonds is 8. The summed E-state index contributed by atoms with van der Waals surface area (Å²) in [5.74, 6) is -0.443. The van der Waals surface area contributed by atoms with Crippen LogP contribution in [-0.2, 0) is 30.7 Å². The van der Waals surface area contributed by atoms with Crippen molar-refractivity contribution in [1.82, 2.24) is 4.90 Å². The highest BCUT2D eigenvalue weighted by Gasteiger charge is 2.66. The van der Waals surface area contributed by atoms with Gasteiger partial charge in [0.2, 0.25) is 10.7 Å². The number of carbonyl (C=O) groups excluding carboxylic acids is 2. The maximum absolute atomic E-state index is 14.3. The molecule has 3 aromatic rings. The number of aryl methyl sites for hydroxylation is 1. The predicted molar refractivity (Wildman–Crippen MR) is 137 cm³/mol. The van der Waals surface area contributed by atoms with E-state index >= 15 is 0 Å². The summed E-state index contributed by atoms with van der Waals surface area (Å²) in [4.78, 5) is 28.5. The zero-order valence-electron chi connectivity index (χ0n) is 21.1. The topological polar surface area (TPSA) is 99.2 Å². The highest BCUT2D eigenvalue weighted by molar-refractivity contribution is 7.93. The van der Waals surface area contributed by atoms with Crippen molar-refractivity contribution in [2.45, 2.75) is 35.6 Å². The van der Waals surface area contributed by atoms with Gasteiger partial charge in [-0.3, -0.25) is 9.59 Å². The van der Waals surface area contributed by atoms with Crippen LogP contribution in [0.1, 0.15) is 29.2 Å². The van der Waals surface area contributed by atoms with Gasteiger partial charge < -0.3 is 19.1 Å². The van der Waals surface area contributed by atoms with Gasteiger partial charge in [-0.15, -0.1) is 0 Å². The van der Waals surface area contributed by atoms with Gasteiger partial charge in [-0.25, -0.2) is 8.42 Å². The lowest BCUT2D eigenvalue weighted by atomic mass is 9.92. The van der Waals surface area contributed by atoms with E-state index in [0.29, 0.717) is 22.6 Å². The fourth-order valence-corrected chi connectivity index (χ4v) is 6.97. The fourth-order valence-electron chi connectivity index (χ4n) is 4.88. The summed E-state index contributed by atoms with van der Waals surface area (Å²) < 4.78 is 42.3. The summed E-state index contributed by atoms with van der Waals surface area (Å²) in [6.07, 6.45) is -0.562. The number of benzene rings is 3. The fraction of sp³-hybridized carbons (Fsp3) is 0.286. The third-order valence-corrected chi connectivity index (χ3v) is 9.17. The van der Waals surface area contributed by atoms with Crippen molar-refractivity contribution in [3.05, 3.63) is 89.5 Å². The van der Waals surface area contributed by atoms with Gasteiger partial charge in [0.25, 0.3) is 0 Å². The first-order valence-corrected chi connectivity index (χ1v) is 13.1. The van der Waals surface area contributed by atoms with Gasteiger partial charge in [0.05, 0.1) is 38.7 Å². The highest BCUT2D eigenvalue weighted by atomic mass is 32.2. The Bertz CT molecular complexity index is 1400. The van der Waals surface area contributed by atoms with E-state index in [4.69, 9.17) is 14.2 Å². The molecule has 0 N–H and O–H groups in total. The minimum Gasteiger partial charge on any atom is -0.497 e. The molecule has 1 saturated heterocycles. The Morgan fingerprint density at radius 3 is 2.24 bits per heavy atom. The molecule has 2 atom stereocenters. The first-order valence-electron chi connectivity index (χ1n) is 11.6. The summed E-state index contributed by atoms with van der Waals surface area (Å²) >= 11 is 0. The number of amides is 1. The Hall–Kier alpha value is -3.85. The number of likely N-dealkylation sites (tertiary alicyclic amines) is 1. The Kier molecular flexibility index (Phi) is 7.27. The van der Waals surface area contributed by atoms with Crippen molar-refractivity contribution in [2.75, 3.05) is 21.3 Å². The lowest BCUT2D eigenvalue weighted by Gasteiger charge is -2.35. The second-order valence-corrected chi connectivity index (χ2v) is 11.1. The van der Waals surface area contributed by atoms with Crippen LogP contribution in [0.3, 0.4) is 0 Å². The minimum absolute atomic E-state index is 0.00766. The molecule has 1 aliphatic rings. The Labute approximate surface area is 216 Å². The van der Waals surface area contributed by atoms with Gasteiger partial charge in [0.1, 0.15) is 11.5 Å². The summed E-state index contributed by atoms with van der Waals surface area (Å²) in [6.45, 7) is 1.84. The number of methoxy groups -OCH3 is 3. The summed E-state index contributed by atoms with van der Waals surface area (Å²) in [7, 11) is -0.232. The van der Waals surface area contributed by atoms with E-state index in [1.165, 1.54) is 31.3 Å². The van der Waals surface area contributed by atoms with Gasteiger partial charge in [-0.1, -0.05) is 48.0 Å². The number of hydrogen-bond acceptors (Lipinski definition) is 7. The van der Waals surface area contributed by atoms with E-state index in [9.17, 15) is 18.0 Å². The molecule has 0 spiro atoms. The van der Waals surface area contributed by atoms with Crippen molar-refractivity contribution >= 4 is 21.7 Å². The molecule has 1 heterocycles. The summed E-state index contributed by atoms with van der Waals surface area (Å²) in [6, 6.07) is 18.9. The molecular weight excluding hydrogens is 494 g/mol. The van der Waals surface area contributed by atoms with E-state index in [-0.39, 0.29) is 11.4 Å². The van der Waals surface area contributed by atoms with E-state index in [2.05, 4.69) is 0 Å². The molecule has 1 amide bonds. The van der Waals surface area contributed by atoms with Gasteiger partial charge in [-0.2, -0.15) is 0 Å². The van der Waals surface area contributed by atoms with Crippen LogP contribution in [0.5, 0.6) is 11.5 Å². The van der Waals surface area contributed by atoms with E-state index in [0.717, 1.165) is 12.7 Å².